The van der Waals surface area contributed by atoms with E-state index in [-0.39, 0.29) is 11.7 Å². The monoisotopic (exact) mass is 315 g/mol. The summed E-state index contributed by atoms with van der Waals surface area (Å²) in [6, 6.07) is 9.16. The third-order valence-corrected chi connectivity index (χ3v) is 3.44. The standard InChI is InChI=1S/C15H14ClN5O/c1-9-7-10(2)21-15(18-9)19-13(20-21)14(22)17-8-11-3-5-12(16)6-4-11/h3-7H,8H2,1-2H3,(H,17,22). The van der Waals surface area contributed by atoms with E-state index in [1.165, 1.54) is 0 Å². The minimum Gasteiger partial charge on any atom is -0.345 e. The Balaban J connectivity index is 1.77. The van der Waals surface area contributed by atoms with Crippen molar-refractivity contribution in [1.82, 2.24) is 24.9 Å². The van der Waals surface area contributed by atoms with E-state index < -0.39 is 0 Å². The van der Waals surface area contributed by atoms with Crippen LogP contribution in [-0.4, -0.2) is 25.5 Å². The van der Waals surface area contributed by atoms with Crippen molar-refractivity contribution < 1.29 is 4.79 Å². The predicted molar refractivity (Wildman–Crippen MR) is 82.9 cm³/mol. The molecule has 2 aromatic heterocycles. The minimum atomic E-state index is -0.336. The molecule has 0 aliphatic heterocycles. The van der Waals surface area contributed by atoms with Crippen molar-refractivity contribution in [2.75, 3.05) is 0 Å². The third kappa shape index (κ3) is 2.92. The van der Waals surface area contributed by atoms with Gasteiger partial charge in [-0.2, -0.15) is 4.98 Å². The quantitative estimate of drug-likeness (QED) is 0.805. The Kier molecular flexibility index (Phi) is 3.77. The summed E-state index contributed by atoms with van der Waals surface area (Å²) in [5.41, 5.74) is 2.67. The number of carbonyl (C=O) groups excluding carboxylic acids is 1. The zero-order valence-electron chi connectivity index (χ0n) is 12.2. The molecule has 0 aliphatic carbocycles. The zero-order valence-corrected chi connectivity index (χ0v) is 12.9. The highest BCUT2D eigenvalue weighted by molar-refractivity contribution is 6.30. The van der Waals surface area contributed by atoms with Crippen LogP contribution < -0.4 is 5.32 Å². The van der Waals surface area contributed by atoms with Crippen molar-refractivity contribution in [3.63, 3.8) is 0 Å². The molecule has 22 heavy (non-hydrogen) atoms. The number of carbonyl (C=O) groups is 1. The SMILES string of the molecule is Cc1cc(C)n2nc(C(=O)NCc3ccc(Cl)cc3)nc2n1. The van der Waals surface area contributed by atoms with Gasteiger partial charge in [0.05, 0.1) is 0 Å². The maximum Gasteiger partial charge on any atom is 0.291 e. The number of aromatic nitrogens is 4. The number of nitrogens with zero attached hydrogens (tertiary/aromatic N) is 4. The Hall–Kier alpha value is -2.47. The molecule has 7 heteroatoms. The number of fused-ring (bicyclic) bond motifs is 1. The third-order valence-electron chi connectivity index (χ3n) is 3.19. The van der Waals surface area contributed by atoms with Gasteiger partial charge < -0.3 is 5.32 Å². The van der Waals surface area contributed by atoms with E-state index in [1.54, 1.807) is 16.6 Å². The second-order valence-corrected chi connectivity index (χ2v) is 5.43. The highest BCUT2D eigenvalue weighted by Gasteiger charge is 2.14. The van der Waals surface area contributed by atoms with Gasteiger partial charge in [-0.15, -0.1) is 5.10 Å². The average Bonchev–Trinajstić information content (AvgIpc) is 2.90. The highest BCUT2D eigenvalue weighted by atomic mass is 35.5. The molecule has 1 aromatic carbocycles. The summed E-state index contributed by atoms with van der Waals surface area (Å²) >= 11 is 5.83. The predicted octanol–water partition coefficient (Wildman–Crippen LogP) is 2.32. The summed E-state index contributed by atoms with van der Waals surface area (Å²) in [5, 5.41) is 7.63. The Bertz CT molecular complexity index is 841. The minimum absolute atomic E-state index is 0.107. The van der Waals surface area contributed by atoms with Crippen molar-refractivity contribution in [1.29, 1.82) is 0 Å². The molecule has 0 atom stereocenters. The summed E-state index contributed by atoms with van der Waals surface area (Å²) in [6.07, 6.45) is 0. The van der Waals surface area contributed by atoms with Gasteiger partial charge >= 0.3 is 0 Å². The van der Waals surface area contributed by atoms with Crippen LogP contribution in [0.15, 0.2) is 30.3 Å². The molecule has 0 fully saturated rings. The van der Waals surface area contributed by atoms with Crippen LogP contribution in [0.5, 0.6) is 0 Å². The van der Waals surface area contributed by atoms with Crippen LogP contribution in [0.3, 0.4) is 0 Å². The van der Waals surface area contributed by atoms with Crippen LogP contribution in [0.2, 0.25) is 5.02 Å². The van der Waals surface area contributed by atoms with Gasteiger partial charge in [-0.05, 0) is 37.6 Å². The lowest BCUT2D eigenvalue weighted by atomic mass is 10.2. The topological polar surface area (TPSA) is 72.2 Å². The van der Waals surface area contributed by atoms with Gasteiger partial charge in [0.15, 0.2) is 0 Å². The molecule has 0 saturated heterocycles. The maximum atomic E-state index is 12.1. The Morgan fingerprint density at radius 2 is 1.95 bits per heavy atom. The molecule has 0 unspecified atom stereocenters. The molecular weight excluding hydrogens is 302 g/mol. The molecule has 112 valence electrons. The van der Waals surface area contributed by atoms with Crippen LogP contribution in [0.4, 0.5) is 0 Å². The number of benzene rings is 1. The summed E-state index contributed by atoms with van der Waals surface area (Å²) in [4.78, 5) is 20.6. The molecule has 1 amide bonds. The van der Waals surface area contributed by atoms with Crippen LogP contribution in [0.1, 0.15) is 27.6 Å². The van der Waals surface area contributed by atoms with E-state index >= 15 is 0 Å². The molecule has 1 N–H and O–H groups in total. The lowest BCUT2D eigenvalue weighted by molar-refractivity contribution is 0.0940. The first-order valence-electron chi connectivity index (χ1n) is 6.76. The van der Waals surface area contributed by atoms with Gasteiger partial charge in [-0.3, -0.25) is 4.79 Å². The highest BCUT2D eigenvalue weighted by Crippen LogP contribution is 2.09. The number of halogens is 1. The summed E-state index contributed by atoms with van der Waals surface area (Å²) in [6.45, 7) is 4.16. The van der Waals surface area contributed by atoms with Crippen molar-refractivity contribution in [3.8, 4) is 0 Å². The first-order valence-corrected chi connectivity index (χ1v) is 7.14. The van der Waals surface area contributed by atoms with Crippen LogP contribution in [0, 0.1) is 13.8 Å². The summed E-state index contributed by atoms with van der Waals surface area (Å²) in [7, 11) is 0. The maximum absolute atomic E-state index is 12.1. The fourth-order valence-corrected chi connectivity index (χ4v) is 2.25. The van der Waals surface area contributed by atoms with Gasteiger partial charge in [-0.25, -0.2) is 9.50 Å². The van der Waals surface area contributed by atoms with Crippen molar-refractivity contribution in [2.24, 2.45) is 0 Å². The Morgan fingerprint density at radius 1 is 1.23 bits per heavy atom. The largest absolute Gasteiger partial charge is 0.345 e. The molecule has 0 spiro atoms. The number of hydrogen-bond acceptors (Lipinski definition) is 4. The van der Waals surface area contributed by atoms with Gasteiger partial charge in [0.25, 0.3) is 11.7 Å². The summed E-state index contributed by atoms with van der Waals surface area (Å²) < 4.78 is 1.56. The van der Waals surface area contributed by atoms with Crippen molar-refractivity contribution in [3.05, 3.63) is 58.1 Å². The van der Waals surface area contributed by atoms with Crippen LogP contribution >= 0.6 is 11.6 Å². The molecule has 0 saturated carbocycles. The average molecular weight is 316 g/mol. The first-order chi connectivity index (χ1) is 10.5. The second kappa shape index (κ2) is 5.73. The number of rotatable bonds is 3. The fraction of sp³-hybridized carbons (Fsp3) is 0.200. The molecule has 3 aromatic rings. The smallest absolute Gasteiger partial charge is 0.291 e. The van der Waals surface area contributed by atoms with Gasteiger partial charge in [-0.1, -0.05) is 23.7 Å². The molecule has 0 aliphatic rings. The summed E-state index contributed by atoms with van der Waals surface area (Å²) in [5.74, 6) is 0.196. The lowest BCUT2D eigenvalue weighted by Gasteiger charge is -2.02. The molecule has 0 bridgehead atoms. The van der Waals surface area contributed by atoms with E-state index in [0.717, 1.165) is 17.0 Å². The van der Waals surface area contributed by atoms with Crippen LogP contribution in [0.25, 0.3) is 5.78 Å². The van der Waals surface area contributed by atoms with E-state index in [1.807, 2.05) is 32.0 Å². The second-order valence-electron chi connectivity index (χ2n) is 5.00. The first kappa shape index (κ1) is 14.5. The molecule has 3 rings (SSSR count). The van der Waals surface area contributed by atoms with Crippen LogP contribution in [-0.2, 0) is 6.54 Å². The zero-order chi connectivity index (χ0) is 15.7. The molecular formula is C15H14ClN5O. The fourth-order valence-electron chi connectivity index (χ4n) is 2.13. The van der Waals surface area contributed by atoms with E-state index in [9.17, 15) is 4.79 Å². The lowest BCUT2D eigenvalue weighted by Crippen LogP contribution is -2.24. The van der Waals surface area contributed by atoms with Gasteiger partial charge in [0.2, 0.25) is 5.82 Å². The molecule has 6 nitrogen and oxygen atoms in total. The number of amides is 1. The van der Waals surface area contributed by atoms with Crippen molar-refractivity contribution in [2.45, 2.75) is 20.4 Å². The van der Waals surface area contributed by atoms with Crippen molar-refractivity contribution >= 4 is 23.3 Å². The number of hydrogen-bond donors (Lipinski definition) is 1. The number of nitrogens with one attached hydrogen (secondary N) is 1. The van der Waals surface area contributed by atoms with Gasteiger partial charge in [0, 0.05) is 23.0 Å². The number of aryl methyl sites for hydroxylation is 2. The van der Waals surface area contributed by atoms with Gasteiger partial charge in [0.1, 0.15) is 0 Å². The molecule has 0 radical (unpaired) electrons. The molecule has 2 heterocycles. The Morgan fingerprint density at radius 3 is 2.68 bits per heavy atom. The van der Waals surface area contributed by atoms with E-state index in [2.05, 4.69) is 20.4 Å². The van der Waals surface area contributed by atoms with E-state index in [0.29, 0.717) is 17.3 Å². The Labute approximate surface area is 132 Å². The van der Waals surface area contributed by atoms with E-state index in [4.69, 9.17) is 11.6 Å². The normalized spacial score (nSPS) is 10.9.